The van der Waals surface area contributed by atoms with Crippen LogP contribution in [0, 0.1) is 11.6 Å². The van der Waals surface area contributed by atoms with Crippen LogP contribution in [-0.2, 0) is 12.8 Å². The predicted molar refractivity (Wildman–Crippen MR) is 100 cm³/mol. The molecule has 0 bridgehead atoms. The lowest BCUT2D eigenvalue weighted by molar-refractivity contribution is 0.0980. The van der Waals surface area contributed by atoms with E-state index >= 15 is 0 Å². The molecule has 0 aliphatic carbocycles. The smallest absolute Gasteiger partial charge is 0.258 e. The van der Waals surface area contributed by atoms with Crippen molar-refractivity contribution in [2.45, 2.75) is 12.8 Å². The second-order valence-corrected chi connectivity index (χ2v) is 6.91. The molecular formula is C21H15ClF2N2O. The minimum atomic E-state index is -0.489. The number of benzene rings is 2. The van der Waals surface area contributed by atoms with Gasteiger partial charge in [-0.05, 0) is 65.6 Å². The molecule has 6 heteroatoms. The SMILES string of the molecule is O=C1c2ccc(Cl)cc2CCN1c1cncc(Cc2cc(F)ccc2F)c1. The maximum Gasteiger partial charge on any atom is 0.258 e. The Labute approximate surface area is 160 Å². The zero-order chi connectivity index (χ0) is 19.0. The molecule has 0 unspecified atom stereocenters. The third-order valence-corrected chi connectivity index (χ3v) is 4.88. The summed E-state index contributed by atoms with van der Waals surface area (Å²) in [5.74, 6) is -1.08. The molecule has 1 amide bonds. The normalized spacial score (nSPS) is 13.6. The van der Waals surface area contributed by atoms with Crippen molar-refractivity contribution in [3.63, 3.8) is 0 Å². The van der Waals surface area contributed by atoms with Crippen LogP contribution in [0.3, 0.4) is 0 Å². The van der Waals surface area contributed by atoms with E-state index < -0.39 is 11.6 Å². The van der Waals surface area contributed by atoms with E-state index in [4.69, 9.17) is 11.6 Å². The molecule has 0 saturated heterocycles. The minimum Gasteiger partial charge on any atom is -0.306 e. The van der Waals surface area contributed by atoms with E-state index in [2.05, 4.69) is 4.98 Å². The quantitative estimate of drug-likeness (QED) is 0.649. The Balaban J connectivity index is 1.62. The van der Waals surface area contributed by atoms with Crippen LogP contribution in [0.2, 0.25) is 5.02 Å². The first-order valence-corrected chi connectivity index (χ1v) is 8.87. The fourth-order valence-corrected chi connectivity index (χ4v) is 3.51. The predicted octanol–water partition coefficient (Wildman–Crippen LogP) is 4.81. The van der Waals surface area contributed by atoms with Crippen molar-refractivity contribution in [2.75, 3.05) is 11.4 Å². The van der Waals surface area contributed by atoms with Gasteiger partial charge in [0.1, 0.15) is 11.6 Å². The number of aromatic nitrogens is 1. The van der Waals surface area contributed by atoms with E-state index in [-0.39, 0.29) is 17.9 Å². The molecular weight excluding hydrogens is 370 g/mol. The molecule has 2 aromatic carbocycles. The van der Waals surface area contributed by atoms with Gasteiger partial charge in [0, 0.05) is 29.7 Å². The van der Waals surface area contributed by atoms with Crippen LogP contribution in [0.4, 0.5) is 14.5 Å². The van der Waals surface area contributed by atoms with Gasteiger partial charge in [0.25, 0.3) is 5.91 Å². The first-order valence-electron chi connectivity index (χ1n) is 8.49. The largest absolute Gasteiger partial charge is 0.306 e. The number of rotatable bonds is 3. The van der Waals surface area contributed by atoms with Gasteiger partial charge in [-0.15, -0.1) is 0 Å². The fourth-order valence-electron chi connectivity index (χ4n) is 3.32. The highest BCUT2D eigenvalue weighted by atomic mass is 35.5. The first-order chi connectivity index (χ1) is 13.0. The summed E-state index contributed by atoms with van der Waals surface area (Å²) in [5, 5.41) is 0.607. The monoisotopic (exact) mass is 384 g/mol. The third kappa shape index (κ3) is 3.55. The molecule has 136 valence electrons. The highest BCUT2D eigenvalue weighted by Gasteiger charge is 2.26. The van der Waals surface area contributed by atoms with Gasteiger partial charge in [-0.1, -0.05) is 11.6 Å². The Morgan fingerprint density at radius 1 is 1.07 bits per heavy atom. The number of hydrogen-bond donors (Lipinski definition) is 0. The van der Waals surface area contributed by atoms with Gasteiger partial charge in [0.05, 0.1) is 11.9 Å². The highest BCUT2D eigenvalue weighted by molar-refractivity contribution is 6.30. The van der Waals surface area contributed by atoms with Crippen LogP contribution in [0.25, 0.3) is 0 Å². The van der Waals surface area contributed by atoms with Gasteiger partial charge >= 0.3 is 0 Å². The van der Waals surface area contributed by atoms with Crippen LogP contribution in [-0.4, -0.2) is 17.4 Å². The van der Waals surface area contributed by atoms with Crippen LogP contribution in [0.15, 0.2) is 54.9 Å². The van der Waals surface area contributed by atoms with E-state index in [0.717, 1.165) is 17.7 Å². The lowest BCUT2D eigenvalue weighted by Gasteiger charge is -2.28. The topological polar surface area (TPSA) is 33.2 Å². The van der Waals surface area contributed by atoms with E-state index in [1.807, 2.05) is 6.07 Å². The Hall–Kier alpha value is -2.79. The lowest BCUT2D eigenvalue weighted by atomic mass is 9.98. The summed E-state index contributed by atoms with van der Waals surface area (Å²) in [5.41, 5.74) is 3.13. The van der Waals surface area contributed by atoms with Crippen molar-refractivity contribution in [3.05, 3.63) is 93.8 Å². The maximum atomic E-state index is 13.9. The maximum absolute atomic E-state index is 13.9. The molecule has 1 aliphatic heterocycles. The van der Waals surface area contributed by atoms with Crippen molar-refractivity contribution in [1.29, 1.82) is 0 Å². The van der Waals surface area contributed by atoms with Crippen molar-refractivity contribution < 1.29 is 13.6 Å². The van der Waals surface area contributed by atoms with Gasteiger partial charge < -0.3 is 4.90 Å². The first kappa shape index (κ1) is 17.6. The van der Waals surface area contributed by atoms with Gasteiger partial charge in [0.15, 0.2) is 0 Å². The van der Waals surface area contributed by atoms with E-state index in [1.165, 1.54) is 6.07 Å². The van der Waals surface area contributed by atoms with E-state index in [9.17, 15) is 13.6 Å². The second kappa shape index (κ2) is 7.08. The van der Waals surface area contributed by atoms with Crippen molar-refractivity contribution in [2.24, 2.45) is 0 Å². The summed E-state index contributed by atoms with van der Waals surface area (Å²) in [6, 6.07) is 10.4. The average molecular weight is 385 g/mol. The van der Waals surface area contributed by atoms with Gasteiger partial charge in [-0.2, -0.15) is 0 Å². The van der Waals surface area contributed by atoms with Crippen molar-refractivity contribution >= 4 is 23.2 Å². The Morgan fingerprint density at radius 2 is 1.93 bits per heavy atom. The van der Waals surface area contributed by atoms with Crippen LogP contribution in [0.1, 0.15) is 27.0 Å². The highest BCUT2D eigenvalue weighted by Crippen LogP contribution is 2.27. The van der Waals surface area contributed by atoms with Crippen molar-refractivity contribution in [3.8, 4) is 0 Å². The molecule has 1 aromatic heterocycles. The number of carbonyl (C=O) groups excluding carboxylic acids is 1. The molecule has 27 heavy (non-hydrogen) atoms. The van der Waals surface area contributed by atoms with Gasteiger partial charge in [-0.25, -0.2) is 8.78 Å². The molecule has 0 radical (unpaired) electrons. The fraction of sp³-hybridized carbons (Fsp3) is 0.143. The second-order valence-electron chi connectivity index (χ2n) is 6.47. The zero-order valence-electron chi connectivity index (χ0n) is 14.3. The standard InChI is InChI=1S/C21H15ClF2N2O/c22-16-1-3-19-14(9-16)5-6-26(21(19)27)18-8-13(11-25-12-18)7-15-10-17(23)2-4-20(15)24/h1-4,8-12H,5-7H2. The Bertz CT molecular complexity index is 1040. The van der Waals surface area contributed by atoms with Crippen LogP contribution < -0.4 is 4.90 Å². The molecule has 0 saturated carbocycles. The zero-order valence-corrected chi connectivity index (χ0v) is 15.0. The molecule has 4 rings (SSSR count). The summed E-state index contributed by atoms with van der Waals surface area (Å²) < 4.78 is 27.3. The van der Waals surface area contributed by atoms with Crippen LogP contribution >= 0.6 is 11.6 Å². The number of hydrogen-bond acceptors (Lipinski definition) is 2. The Morgan fingerprint density at radius 3 is 2.78 bits per heavy atom. The summed E-state index contributed by atoms with van der Waals surface area (Å²) in [6.07, 6.45) is 4.07. The molecule has 3 aromatic rings. The van der Waals surface area contributed by atoms with E-state index in [0.29, 0.717) is 34.8 Å². The summed E-state index contributed by atoms with van der Waals surface area (Å²) in [7, 11) is 0. The van der Waals surface area contributed by atoms with Gasteiger partial charge in [0.2, 0.25) is 0 Å². The number of fused-ring (bicyclic) bond motifs is 1. The number of amides is 1. The number of carbonyl (C=O) groups is 1. The summed E-state index contributed by atoms with van der Waals surface area (Å²) in [6.45, 7) is 0.506. The number of anilines is 1. The molecule has 0 atom stereocenters. The molecule has 2 heterocycles. The third-order valence-electron chi connectivity index (χ3n) is 4.64. The molecule has 0 spiro atoms. The lowest BCUT2D eigenvalue weighted by Crippen LogP contribution is -2.37. The molecule has 0 fully saturated rings. The summed E-state index contributed by atoms with van der Waals surface area (Å²) in [4.78, 5) is 18.7. The van der Waals surface area contributed by atoms with Crippen molar-refractivity contribution in [1.82, 2.24) is 4.98 Å². The molecule has 1 aliphatic rings. The number of pyridine rings is 1. The summed E-state index contributed by atoms with van der Waals surface area (Å²) >= 11 is 6.01. The number of nitrogens with zero attached hydrogens (tertiary/aromatic N) is 2. The van der Waals surface area contributed by atoms with E-state index in [1.54, 1.807) is 35.5 Å². The van der Waals surface area contributed by atoms with Gasteiger partial charge in [-0.3, -0.25) is 9.78 Å². The average Bonchev–Trinajstić information content (AvgIpc) is 2.65. The minimum absolute atomic E-state index is 0.121. The molecule has 3 nitrogen and oxygen atoms in total. The number of halogens is 3. The Kier molecular flexibility index (Phi) is 4.62. The van der Waals surface area contributed by atoms with Crippen LogP contribution in [0.5, 0.6) is 0 Å². The molecule has 0 N–H and O–H groups in total.